The number of rotatable bonds is 3. The smallest absolute Gasteiger partial charge is 0.362 e. The summed E-state index contributed by atoms with van der Waals surface area (Å²) in [5.41, 5.74) is -3.93. The number of hydrazone groups is 1. The molecule has 1 atom stereocenters. The van der Waals surface area contributed by atoms with Crippen LogP contribution in [0.4, 0.5) is 22.0 Å². The molecule has 0 aromatic heterocycles. The van der Waals surface area contributed by atoms with Gasteiger partial charge in [0.1, 0.15) is 0 Å². The molecule has 0 saturated heterocycles. The number of ether oxygens (including phenoxy) is 1. The molecule has 0 bridgehead atoms. The van der Waals surface area contributed by atoms with Crippen molar-refractivity contribution in [1.29, 1.82) is 0 Å². The molecular weight excluding hydrogens is 407 g/mol. The van der Waals surface area contributed by atoms with Gasteiger partial charge in [-0.05, 0) is 25.1 Å². The highest BCUT2D eigenvalue weighted by Crippen LogP contribution is 2.43. The normalized spacial score (nSPS) is 21.8. The number of carbonyl (C=O) groups excluding carboxylic acids is 1. The Labute approximate surface area is 140 Å². The van der Waals surface area contributed by atoms with Crippen LogP contribution in [-0.4, -0.2) is 39.9 Å². The molecular formula is C13H10BrF5N2O3. The molecule has 2 rings (SSSR count). The first kappa shape index (κ1) is 18.7. The third-order valence-electron chi connectivity index (χ3n) is 3.10. The zero-order valence-corrected chi connectivity index (χ0v) is 13.5. The number of carbonyl (C=O) groups is 1. The van der Waals surface area contributed by atoms with Crippen molar-refractivity contribution >= 4 is 27.5 Å². The third-order valence-corrected chi connectivity index (χ3v) is 3.59. The van der Waals surface area contributed by atoms with Gasteiger partial charge in [0.2, 0.25) is 0 Å². The van der Waals surface area contributed by atoms with E-state index in [4.69, 9.17) is 0 Å². The molecule has 0 fully saturated rings. The van der Waals surface area contributed by atoms with E-state index in [0.717, 1.165) is 0 Å². The molecule has 1 unspecified atom stereocenters. The van der Waals surface area contributed by atoms with Gasteiger partial charge >= 0.3 is 12.5 Å². The lowest BCUT2D eigenvalue weighted by Gasteiger charge is -2.36. The maximum absolute atomic E-state index is 13.9. The monoisotopic (exact) mass is 416 g/mol. The van der Waals surface area contributed by atoms with Crippen LogP contribution in [0.25, 0.3) is 0 Å². The Bertz CT molecular complexity index is 694. The average molecular weight is 417 g/mol. The van der Waals surface area contributed by atoms with Crippen LogP contribution in [0, 0.1) is 0 Å². The van der Waals surface area contributed by atoms with Crippen LogP contribution in [0.15, 0.2) is 33.8 Å². The maximum atomic E-state index is 13.9. The first-order valence-corrected chi connectivity index (χ1v) is 7.16. The van der Waals surface area contributed by atoms with Gasteiger partial charge in [-0.15, -0.1) is 13.2 Å². The highest BCUT2D eigenvalue weighted by Gasteiger charge is 2.66. The van der Waals surface area contributed by atoms with Crippen molar-refractivity contribution in [3.05, 3.63) is 34.3 Å². The molecule has 1 aromatic carbocycles. The van der Waals surface area contributed by atoms with Gasteiger partial charge in [0, 0.05) is 22.2 Å². The Morgan fingerprint density at radius 2 is 2.00 bits per heavy atom. The molecule has 1 aromatic rings. The van der Waals surface area contributed by atoms with E-state index in [-0.39, 0.29) is 16.3 Å². The lowest BCUT2D eigenvalue weighted by atomic mass is 10.1. The second kappa shape index (κ2) is 6.05. The average Bonchev–Trinajstić information content (AvgIpc) is 2.72. The van der Waals surface area contributed by atoms with E-state index in [9.17, 15) is 31.9 Å². The predicted octanol–water partition coefficient (Wildman–Crippen LogP) is 3.49. The molecule has 132 valence electrons. The molecule has 0 saturated carbocycles. The highest BCUT2D eigenvalue weighted by molar-refractivity contribution is 9.10. The Kier molecular flexibility index (Phi) is 4.72. The van der Waals surface area contributed by atoms with Gasteiger partial charge in [-0.3, -0.25) is 4.79 Å². The van der Waals surface area contributed by atoms with Gasteiger partial charge in [0.15, 0.2) is 0 Å². The molecule has 1 heterocycles. The van der Waals surface area contributed by atoms with Crippen molar-refractivity contribution in [2.75, 3.05) is 0 Å². The number of halogens is 6. The van der Waals surface area contributed by atoms with Crippen LogP contribution in [0.3, 0.4) is 0 Å². The molecule has 1 aliphatic heterocycles. The van der Waals surface area contributed by atoms with Gasteiger partial charge in [-0.1, -0.05) is 22.0 Å². The summed E-state index contributed by atoms with van der Waals surface area (Å²) in [5, 5.41) is 13.5. The van der Waals surface area contributed by atoms with Crippen LogP contribution >= 0.6 is 15.9 Å². The fourth-order valence-corrected chi connectivity index (χ4v) is 2.53. The van der Waals surface area contributed by atoms with Crippen molar-refractivity contribution in [3.63, 3.8) is 0 Å². The molecule has 0 spiro atoms. The van der Waals surface area contributed by atoms with Crippen LogP contribution < -0.4 is 0 Å². The van der Waals surface area contributed by atoms with E-state index in [2.05, 4.69) is 25.8 Å². The van der Waals surface area contributed by atoms with Gasteiger partial charge in [-0.2, -0.15) is 18.9 Å². The third kappa shape index (κ3) is 3.57. The fourth-order valence-electron chi connectivity index (χ4n) is 2.13. The van der Waals surface area contributed by atoms with Crippen molar-refractivity contribution < 1.29 is 36.6 Å². The molecule has 1 aliphatic rings. The van der Waals surface area contributed by atoms with Crippen molar-refractivity contribution in [2.45, 2.75) is 31.5 Å². The summed E-state index contributed by atoms with van der Waals surface area (Å²) in [6, 6.07) is 5.43. The fraction of sp³-hybridized carbons (Fsp3) is 0.385. The number of amides is 1. The van der Waals surface area contributed by atoms with Gasteiger partial charge in [0.05, 0.1) is 0 Å². The van der Waals surface area contributed by atoms with Crippen molar-refractivity contribution in [2.24, 2.45) is 5.10 Å². The summed E-state index contributed by atoms with van der Waals surface area (Å²) >= 11 is 3.07. The molecule has 24 heavy (non-hydrogen) atoms. The second-order valence-corrected chi connectivity index (χ2v) is 5.94. The Hall–Kier alpha value is -1.59. The van der Waals surface area contributed by atoms with Crippen LogP contribution in [-0.2, 0) is 4.74 Å². The minimum atomic E-state index is -5.72. The second-order valence-electron chi connectivity index (χ2n) is 5.02. The highest BCUT2D eigenvalue weighted by atomic mass is 79.9. The number of alkyl halides is 5. The minimum Gasteiger partial charge on any atom is -0.362 e. The molecule has 11 heteroatoms. The summed E-state index contributed by atoms with van der Waals surface area (Å²) in [4.78, 5) is 12.3. The van der Waals surface area contributed by atoms with E-state index < -0.39 is 30.5 Å². The number of nitrogens with zero attached hydrogens (tertiary/aromatic N) is 2. The quantitative estimate of drug-likeness (QED) is 0.767. The van der Waals surface area contributed by atoms with Gasteiger partial charge in [-0.25, -0.2) is 4.74 Å². The standard InChI is InChI=1S/C13H10BrF5N2O3/c1-7-6-11(23,12(15,16)24-13(17,18)19)21(20-7)10(22)8-3-2-4-9(14)5-8/h2-5,23H,6H2,1H3. The zero-order valence-electron chi connectivity index (χ0n) is 11.9. The van der Waals surface area contributed by atoms with Crippen LogP contribution in [0.5, 0.6) is 0 Å². The first-order valence-electron chi connectivity index (χ1n) is 6.37. The first-order chi connectivity index (χ1) is 10.9. The van der Waals surface area contributed by atoms with Crippen molar-refractivity contribution in [3.8, 4) is 0 Å². The Morgan fingerprint density at radius 1 is 1.38 bits per heavy atom. The summed E-state index contributed by atoms with van der Waals surface area (Å²) in [5.74, 6) is -1.21. The summed E-state index contributed by atoms with van der Waals surface area (Å²) < 4.78 is 67.7. The summed E-state index contributed by atoms with van der Waals surface area (Å²) in [7, 11) is 0. The Balaban J connectivity index is 2.41. The van der Waals surface area contributed by atoms with E-state index in [0.29, 0.717) is 4.47 Å². The molecule has 0 radical (unpaired) electrons. The van der Waals surface area contributed by atoms with Crippen molar-refractivity contribution in [1.82, 2.24) is 5.01 Å². The number of benzene rings is 1. The van der Waals surface area contributed by atoms with E-state index in [1.165, 1.54) is 25.1 Å². The molecule has 0 aliphatic carbocycles. The largest absolute Gasteiger partial charge is 0.527 e. The Morgan fingerprint density at radius 3 is 2.54 bits per heavy atom. The molecule has 1 amide bonds. The molecule has 1 N–H and O–H groups in total. The number of hydrogen-bond donors (Lipinski definition) is 1. The SMILES string of the molecule is CC1=NN(C(=O)c2cccc(Br)c2)C(O)(C(F)(F)OC(F)(F)F)C1. The lowest BCUT2D eigenvalue weighted by molar-refractivity contribution is -0.468. The summed E-state index contributed by atoms with van der Waals surface area (Å²) in [6.45, 7) is 1.18. The van der Waals surface area contributed by atoms with Crippen LogP contribution in [0.1, 0.15) is 23.7 Å². The van der Waals surface area contributed by atoms with E-state index in [1.807, 2.05) is 0 Å². The number of hydrogen-bond acceptors (Lipinski definition) is 4. The van der Waals surface area contributed by atoms with Gasteiger partial charge in [0.25, 0.3) is 11.6 Å². The van der Waals surface area contributed by atoms with Gasteiger partial charge < -0.3 is 5.11 Å². The number of aliphatic hydroxyl groups is 1. The van der Waals surface area contributed by atoms with E-state index in [1.54, 1.807) is 6.07 Å². The predicted molar refractivity (Wildman–Crippen MR) is 75.1 cm³/mol. The summed E-state index contributed by atoms with van der Waals surface area (Å²) in [6.07, 6.45) is -11.9. The maximum Gasteiger partial charge on any atom is 0.527 e. The lowest BCUT2D eigenvalue weighted by Crippen LogP contribution is -2.61. The molecule has 5 nitrogen and oxygen atoms in total. The topological polar surface area (TPSA) is 62.1 Å². The zero-order chi connectivity index (χ0) is 18.3. The van der Waals surface area contributed by atoms with E-state index >= 15 is 0 Å². The minimum absolute atomic E-state index is 0.0875. The van der Waals surface area contributed by atoms with Crippen LogP contribution in [0.2, 0.25) is 0 Å².